The van der Waals surface area contributed by atoms with E-state index < -0.39 is 46.8 Å². The van der Waals surface area contributed by atoms with Crippen LogP contribution in [0.5, 0.6) is 11.5 Å². The number of nitriles is 1. The molecule has 0 aliphatic heterocycles. The summed E-state index contributed by atoms with van der Waals surface area (Å²) in [7, 11) is 0. The van der Waals surface area contributed by atoms with Gasteiger partial charge in [0.15, 0.2) is 5.75 Å². The van der Waals surface area contributed by atoms with Gasteiger partial charge >= 0.3 is 12.6 Å². The largest absolute Gasteiger partial charge is 0.491 e. The summed E-state index contributed by atoms with van der Waals surface area (Å²) in [6, 6.07) is 8.77. The fourth-order valence-electron chi connectivity index (χ4n) is 4.62. The maximum Gasteiger partial charge on any atom is 0.387 e. The highest BCUT2D eigenvalue weighted by Crippen LogP contribution is 2.40. The van der Waals surface area contributed by atoms with E-state index in [2.05, 4.69) is 14.7 Å². The quantitative estimate of drug-likeness (QED) is 0.175. The predicted octanol–water partition coefficient (Wildman–Crippen LogP) is 6.82. The first-order valence-electron chi connectivity index (χ1n) is 12.2. The van der Waals surface area contributed by atoms with E-state index in [1.165, 1.54) is 35.9 Å². The third-order valence-corrected chi connectivity index (χ3v) is 7.70. The zero-order valence-electron chi connectivity index (χ0n) is 21.8. The maximum atomic E-state index is 13.6. The van der Waals surface area contributed by atoms with Gasteiger partial charge < -0.3 is 14.6 Å². The summed E-state index contributed by atoms with van der Waals surface area (Å²) in [5.74, 6) is -1.77. The number of thiophene rings is 1. The minimum absolute atomic E-state index is 0.0458. The van der Waals surface area contributed by atoms with E-state index in [0.29, 0.717) is 32.1 Å². The molecule has 1 N–H and O–H groups in total. The Morgan fingerprint density at radius 3 is 2.65 bits per heavy atom. The number of carbonyl (C=O) groups is 1. The molecule has 5 rings (SSSR count). The molecular formula is C28H17ClF4N4O5S. The number of carboxylic acids is 1. The van der Waals surface area contributed by atoms with Crippen molar-refractivity contribution in [2.75, 3.05) is 6.61 Å². The molecule has 0 fully saturated rings. The smallest absolute Gasteiger partial charge is 0.387 e. The molecule has 0 aliphatic rings. The first kappa shape index (κ1) is 29.7. The molecule has 0 unspecified atom stereocenters. The Morgan fingerprint density at radius 2 is 1.98 bits per heavy atom. The molecule has 0 aliphatic carbocycles. The van der Waals surface area contributed by atoms with Gasteiger partial charge in [0, 0.05) is 27.7 Å². The Bertz CT molecular complexity index is 2010. The number of hydrogen-bond acceptors (Lipinski definition) is 8. The first-order valence-corrected chi connectivity index (χ1v) is 13.5. The van der Waals surface area contributed by atoms with Crippen molar-refractivity contribution in [2.45, 2.75) is 26.5 Å². The van der Waals surface area contributed by atoms with Crippen LogP contribution in [0.15, 0.2) is 46.7 Å². The highest BCUT2D eigenvalue weighted by atomic mass is 35.5. The van der Waals surface area contributed by atoms with Crippen LogP contribution in [-0.4, -0.2) is 38.8 Å². The van der Waals surface area contributed by atoms with Crippen molar-refractivity contribution in [3.63, 3.8) is 0 Å². The second-order valence-corrected chi connectivity index (χ2v) is 10.3. The molecule has 3 heterocycles. The number of aromatic nitrogens is 3. The molecule has 3 aromatic heterocycles. The van der Waals surface area contributed by atoms with Gasteiger partial charge in [0.25, 0.3) is 12.0 Å². The van der Waals surface area contributed by atoms with Gasteiger partial charge in [-0.05, 0) is 37.3 Å². The number of nitrogens with zero attached hydrogens (tertiary/aromatic N) is 4. The molecule has 0 spiro atoms. The van der Waals surface area contributed by atoms with E-state index >= 15 is 0 Å². The number of rotatable bonds is 9. The van der Waals surface area contributed by atoms with Crippen LogP contribution in [-0.2, 0) is 6.54 Å². The Kier molecular flexibility index (Phi) is 8.21. The summed E-state index contributed by atoms with van der Waals surface area (Å²) in [5.41, 5.74) is -1.40. The number of carboxylic acid groups (broad SMARTS) is 1. The van der Waals surface area contributed by atoms with E-state index in [-0.39, 0.29) is 30.1 Å². The number of benzene rings is 2. The fraction of sp³-hybridized carbons (Fsp3) is 0.179. The molecule has 0 saturated carbocycles. The van der Waals surface area contributed by atoms with Crippen LogP contribution in [0.4, 0.5) is 17.6 Å². The molecule has 9 nitrogen and oxygen atoms in total. The molecule has 0 amide bonds. The second kappa shape index (κ2) is 11.9. The zero-order valence-corrected chi connectivity index (χ0v) is 23.3. The van der Waals surface area contributed by atoms with Gasteiger partial charge in [-0.2, -0.15) is 14.0 Å². The number of fused-ring (bicyclic) bond motifs is 2. The number of pyridine rings is 1. The van der Waals surface area contributed by atoms with Crippen molar-refractivity contribution in [2.24, 2.45) is 0 Å². The lowest BCUT2D eigenvalue weighted by atomic mass is 10.0. The van der Waals surface area contributed by atoms with E-state index in [9.17, 15) is 37.5 Å². The van der Waals surface area contributed by atoms with Gasteiger partial charge in [-0.25, -0.2) is 18.6 Å². The number of alkyl halides is 4. The average Bonchev–Trinajstić information content (AvgIpc) is 3.40. The Labute approximate surface area is 248 Å². The number of halogens is 5. The number of ether oxygens (including phenoxy) is 2. The third kappa shape index (κ3) is 5.56. The summed E-state index contributed by atoms with van der Waals surface area (Å²) in [6.45, 7) is -2.33. The van der Waals surface area contributed by atoms with Gasteiger partial charge in [-0.1, -0.05) is 11.6 Å². The minimum atomic E-state index is -3.52. The van der Waals surface area contributed by atoms with Crippen LogP contribution in [0.2, 0.25) is 5.02 Å². The van der Waals surface area contributed by atoms with Crippen LogP contribution in [0.25, 0.3) is 32.2 Å². The normalized spacial score (nSPS) is 11.4. The zero-order chi connectivity index (χ0) is 31.0. The van der Waals surface area contributed by atoms with Crippen molar-refractivity contribution in [3.8, 4) is 28.7 Å². The minimum Gasteiger partial charge on any atom is -0.491 e. The topological polar surface area (TPSA) is 127 Å². The molecule has 0 atom stereocenters. The van der Waals surface area contributed by atoms with Crippen LogP contribution in [0.1, 0.15) is 33.7 Å². The van der Waals surface area contributed by atoms with Crippen LogP contribution in [0.3, 0.4) is 0 Å². The highest BCUT2D eigenvalue weighted by Gasteiger charge is 2.26. The fourth-order valence-corrected chi connectivity index (χ4v) is 5.82. The van der Waals surface area contributed by atoms with Crippen molar-refractivity contribution >= 4 is 50.0 Å². The summed E-state index contributed by atoms with van der Waals surface area (Å²) < 4.78 is 65.3. The molecule has 0 bridgehead atoms. The van der Waals surface area contributed by atoms with E-state index in [4.69, 9.17) is 16.3 Å². The summed E-state index contributed by atoms with van der Waals surface area (Å²) in [6.07, 6.45) is -1.81. The van der Waals surface area contributed by atoms with Gasteiger partial charge in [0.05, 0.1) is 38.8 Å². The first-order chi connectivity index (χ1) is 20.5. The van der Waals surface area contributed by atoms with Crippen LogP contribution < -0.4 is 15.0 Å². The Hall–Kier alpha value is -4.74. The lowest BCUT2D eigenvalue weighted by molar-refractivity contribution is -0.0520. The molecule has 5 aromatic rings. The van der Waals surface area contributed by atoms with E-state index in [0.717, 1.165) is 10.6 Å². The summed E-state index contributed by atoms with van der Waals surface area (Å²) in [5, 5.41) is 20.5. The Morgan fingerprint density at radius 1 is 1.21 bits per heavy atom. The van der Waals surface area contributed by atoms with Crippen molar-refractivity contribution < 1.29 is 36.9 Å². The van der Waals surface area contributed by atoms with Gasteiger partial charge in [-0.15, -0.1) is 11.3 Å². The predicted molar refractivity (Wildman–Crippen MR) is 150 cm³/mol. The van der Waals surface area contributed by atoms with E-state index in [1.807, 2.05) is 0 Å². The SMILES string of the molecule is Cc1nc2cc(C(F)F)c(OC(F)F)c(C#N)c2c(=O)n1CCOc1ccc(Cl)cc1-c1ccnc2c(C(=O)O)csc12. The van der Waals surface area contributed by atoms with E-state index in [1.54, 1.807) is 24.3 Å². The number of hydrogen-bond donors (Lipinski definition) is 1. The van der Waals surface area contributed by atoms with Crippen molar-refractivity contribution in [1.82, 2.24) is 14.5 Å². The van der Waals surface area contributed by atoms with Gasteiger partial charge in [-0.3, -0.25) is 14.3 Å². The summed E-state index contributed by atoms with van der Waals surface area (Å²) in [4.78, 5) is 33.4. The van der Waals surface area contributed by atoms with Gasteiger partial charge in [0.1, 0.15) is 29.8 Å². The van der Waals surface area contributed by atoms with Crippen LogP contribution >= 0.6 is 22.9 Å². The third-order valence-electron chi connectivity index (χ3n) is 6.46. The molecule has 43 heavy (non-hydrogen) atoms. The van der Waals surface area contributed by atoms with Crippen LogP contribution in [0, 0.1) is 18.3 Å². The van der Waals surface area contributed by atoms with Gasteiger partial charge in [0.2, 0.25) is 0 Å². The number of aryl methyl sites for hydroxylation is 1. The molecule has 2 aromatic carbocycles. The average molecular weight is 633 g/mol. The lowest BCUT2D eigenvalue weighted by Crippen LogP contribution is -2.27. The molecule has 0 radical (unpaired) electrons. The molecular weight excluding hydrogens is 616 g/mol. The number of aromatic carboxylic acids is 1. The lowest BCUT2D eigenvalue weighted by Gasteiger charge is -2.17. The molecule has 220 valence electrons. The molecule has 15 heteroatoms. The Balaban J connectivity index is 1.52. The van der Waals surface area contributed by atoms with Crippen molar-refractivity contribution in [3.05, 3.63) is 79.8 Å². The monoisotopic (exact) mass is 632 g/mol. The highest BCUT2D eigenvalue weighted by molar-refractivity contribution is 7.18. The van der Waals surface area contributed by atoms with Crippen molar-refractivity contribution in [1.29, 1.82) is 5.26 Å². The molecule has 0 saturated heterocycles. The second-order valence-electron chi connectivity index (χ2n) is 8.95. The maximum absolute atomic E-state index is 13.6. The standard InChI is InChI=1S/C28H17ClF4N4O5S/c1-12-36-19-9-16(25(30)31)23(42-28(32)33)17(10-34)21(19)26(38)37(12)6-7-41-20-3-2-13(29)8-15(20)14-4-5-35-22-18(27(39)40)11-43-24(14)22/h2-5,8-9,11,25,28H,6-7H2,1H3,(H,39,40). The summed E-state index contributed by atoms with van der Waals surface area (Å²) >= 11 is 7.45.